The molecule has 2 N–H and O–H groups in total. The second kappa shape index (κ2) is 7.13. The van der Waals surface area contributed by atoms with E-state index in [9.17, 15) is 14.4 Å². The van der Waals surface area contributed by atoms with Crippen molar-refractivity contribution in [1.29, 1.82) is 0 Å². The number of piperazine rings is 1. The lowest BCUT2D eigenvalue weighted by Gasteiger charge is -2.39. The number of amides is 3. The van der Waals surface area contributed by atoms with Gasteiger partial charge in [-0.3, -0.25) is 14.4 Å². The zero-order valence-corrected chi connectivity index (χ0v) is 14.5. The van der Waals surface area contributed by atoms with Crippen LogP contribution in [0.25, 0.3) is 0 Å². The average Bonchev–Trinajstić information content (AvgIpc) is 3.15. The van der Waals surface area contributed by atoms with Gasteiger partial charge in [0.1, 0.15) is 6.04 Å². The minimum atomic E-state index is -0.767. The fourth-order valence-corrected chi connectivity index (χ4v) is 3.58. The molecule has 0 bridgehead atoms. The molecule has 1 aromatic carbocycles. The van der Waals surface area contributed by atoms with Gasteiger partial charge in [0, 0.05) is 44.4 Å². The van der Waals surface area contributed by atoms with Crippen LogP contribution in [0.15, 0.2) is 24.3 Å². The fraction of sp³-hybridized carbons (Fsp3) is 0.500. The zero-order chi connectivity index (χ0) is 18.0. The van der Waals surface area contributed by atoms with Crippen molar-refractivity contribution in [1.82, 2.24) is 9.80 Å². The van der Waals surface area contributed by atoms with Gasteiger partial charge in [-0.25, -0.2) is 0 Å². The van der Waals surface area contributed by atoms with E-state index in [1.54, 1.807) is 11.0 Å². The number of rotatable bonds is 3. The molecule has 0 spiro atoms. The number of anilines is 1. The van der Waals surface area contributed by atoms with Crippen LogP contribution < -0.4 is 10.6 Å². The molecule has 0 aliphatic carbocycles. The number of nitrogens with zero attached hydrogens (tertiary/aromatic N) is 3. The van der Waals surface area contributed by atoms with E-state index >= 15 is 0 Å². The molecule has 2 aliphatic heterocycles. The SMILES string of the molecule is CC(=O)N1CCN(C(=O)c2cccc(N3CCCC3)c2)CC1C(N)=O. The first-order chi connectivity index (χ1) is 12.0. The van der Waals surface area contributed by atoms with E-state index in [0.29, 0.717) is 18.7 Å². The molecule has 1 unspecified atom stereocenters. The number of hydrogen-bond donors (Lipinski definition) is 1. The molecule has 3 rings (SSSR count). The lowest BCUT2D eigenvalue weighted by molar-refractivity contribution is -0.140. The Hall–Kier alpha value is -2.57. The summed E-state index contributed by atoms with van der Waals surface area (Å²) >= 11 is 0. The highest BCUT2D eigenvalue weighted by atomic mass is 16.2. The van der Waals surface area contributed by atoms with Crippen molar-refractivity contribution in [2.45, 2.75) is 25.8 Å². The van der Waals surface area contributed by atoms with Gasteiger partial charge in [-0.15, -0.1) is 0 Å². The Balaban J connectivity index is 1.76. The topological polar surface area (TPSA) is 87.0 Å². The molecule has 2 heterocycles. The molecule has 134 valence electrons. The molecule has 25 heavy (non-hydrogen) atoms. The van der Waals surface area contributed by atoms with Gasteiger partial charge in [-0.05, 0) is 31.0 Å². The minimum Gasteiger partial charge on any atom is -0.372 e. The molecule has 0 radical (unpaired) electrons. The Bertz CT molecular complexity index is 685. The van der Waals surface area contributed by atoms with Gasteiger partial charge in [0.15, 0.2) is 0 Å². The van der Waals surface area contributed by atoms with Crippen molar-refractivity contribution in [2.24, 2.45) is 5.73 Å². The summed E-state index contributed by atoms with van der Waals surface area (Å²) in [5.41, 5.74) is 7.08. The number of primary amides is 1. The second-order valence-corrected chi connectivity index (χ2v) is 6.63. The highest BCUT2D eigenvalue weighted by Gasteiger charge is 2.34. The Morgan fingerprint density at radius 3 is 2.44 bits per heavy atom. The van der Waals surface area contributed by atoms with Gasteiger partial charge in [0.05, 0.1) is 6.54 Å². The molecule has 1 atom stereocenters. The molecule has 7 nitrogen and oxygen atoms in total. The van der Waals surface area contributed by atoms with Crippen LogP contribution in [0.4, 0.5) is 5.69 Å². The largest absolute Gasteiger partial charge is 0.372 e. The van der Waals surface area contributed by atoms with Crippen molar-refractivity contribution >= 4 is 23.4 Å². The third-order valence-electron chi connectivity index (χ3n) is 4.96. The van der Waals surface area contributed by atoms with Gasteiger partial charge < -0.3 is 20.4 Å². The van der Waals surface area contributed by atoms with E-state index in [-0.39, 0.29) is 18.4 Å². The van der Waals surface area contributed by atoms with Crippen molar-refractivity contribution in [3.8, 4) is 0 Å². The summed E-state index contributed by atoms with van der Waals surface area (Å²) in [4.78, 5) is 41.5. The Labute approximate surface area is 147 Å². The fourth-order valence-electron chi connectivity index (χ4n) is 3.58. The molecule has 3 amide bonds. The van der Waals surface area contributed by atoms with Crippen molar-refractivity contribution in [3.05, 3.63) is 29.8 Å². The van der Waals surface area contributed by atoms with Crippen molar-refractivity contribution < 1.29 is 14.4 Å². The average molecular weight is 344 g/mol. The lowest BCUT2D eigenvalue weighted by atomic mass is 10.1. The Kier molecular flexibility index (Phi) is 4.92. The summed E-state index contributed by atoms with van der Waals surface area (Å²) in [7, 11) is 0. The van der Waals surface area contributed by atoms with Crippen LogP contribution in [-0.4, -0.2) is 66.3 Å². The van der Waals surface area contributed by atoms with Crippen molar-refractivity contribution in [2.75, 3.05) is 37.6 Å². The van der Waals surface area contributed by atoms with E-state index in [2.05, 4.69) is 4.90 Å². The summed E-state index contributed by atoms with van der Waals surface area (Å²) in [6.45, 7) is 4.29. The second-order valence-electron chi connectivity index (χ2n) is 6.63. The third kappa shape index (κ3) is 3.60. The number of hydrogen-bond acceptors (Lipinski definition) is 4. The maximum atomic E-state index is 12.9. The molecular weight excluding hydrogens is 320 g/mol. The normalized spacial score (nSPS) is 20.7. The van der Waals surface area contributed by atoms with Gasteiger partial charge in [-0.1, -0.05) is 6.07 Å². The number of carbonyl (C=O) groups is 3. The first kappa shape index (κ1) is 17.3. The summed E-state index contributed by atoms with van der Waals surface area (Å²) in [5, 5.41) is 0. The zero-order valence-electron chi connectivity index (χ0n) is 14.5. The molecule has 1 aromatic rings. The van der Waals surface area contributed by atoms with Crippen LogP contribution in [0.3, 0.4) is 0 Å². The predicted octanol–water partition coefficient (Wildman–Crippen LogP) is 0.445. The van der Waals surface area contributed by atoms with Crippen LogP contribution in [0.5, 0.6) is 0 Å². The summed E-state index contributed by atoms with van der Waals surface area (Å²) in [6.07, 6.45) is 2.34. The number of nitrogens with two attached hydrogens (primary N) is 1. The van der Waals surface area contributed by atoms with E-state index < -0.39 is 11.9 Å². The molecule has 0 saturated carbocycles. The predicted molar refractivity (Wildman–Crippen MR) is 94.2 cm³/mol. The smallest absolute Gasteiger partial charge is 0.254 e. The van der Waals surface area contributed by atoms with E-state index in [4.69, 9.17) is 5.73 Å². The van der Waals surface area contributed by atoms with Crippen molar-refractivity contribution in [3.63, 3.8) is 0 Å². The minimum absolute atomic E-state index is 0.129. The number of benzene rings is 1. The quantitative estimate of drug-likeness (QED) is 0.862. The molecule has 2 fully saturated rings. The van der Waals surface area contributed by atoms with Gasteiger partial charge in [0.2, 0.25) is 11.8 Å². The maximum Gasteiger partial charge on any atom is 0.254 e. The first-order valence-corrected chi connectivity index (χ1v) is 8.68. The number of carbonyl (C=O) groups excluding carboxylic acids is 3. The van der Waals surface area contributed by atoms with Crippen LogP contribution in [0, 0.1) is 0 Å². The molecular formula is C18H24N4O3. The highest BCUT2D eigenvalue weighted by Crippen LogP contribution is 2.22. The van der Waals surface area contributed by atoms with Gasteiger partial charge in [0.25, 0.3) is 5.91 Å². The highest BCUT2D eigenvalue weighted by molar-refractivity contribution is 5.96. The Morgan fingerprint density at radius 1 is 1.08 bits per heavy atom. The van der Waals surface area contributed by atoms with Gasteiger partial charge >= 0.3 is 0 Å². The van der Waals surface area contributed by atoms with E-state index in [0.717, 1.165) is 18.8 Å². The van der Waals surface area contributed by atoms with Crippen LogP contribution in [-0.2, 0) is 9.59 Å². The first-order valence-electron chi connectivity index (χ1n) is 8.68. The molecule has 2 saturated heterocycles. The van der Waals surface area contributed by atoms with E-state index in [1.165, 1.54) is 24.7 Å². The molecule has 2 aliphatic rings. The van der Waals surface area contributed by atoms with E-state index in [1.807, 2.05) is 18.2 Å². The lowest BCUT2D eigenvalue weighted by Crippen LogP contribution is -2.60. The maximum absolute atomic E-state index is 12.9. The summed E-state index contributed by atoms with van der Waals surface area (Å²) < 4.78 is 0. The summed E-state index contributed by atoms with van der Waals surface area (Å²) in [5.74, 6) is -0.916. The van der Waals surface area contributed by atoms with Gasteiger partial charge in [-0.2, -0.15) is 0 Å². The van der Waals surface area contributed by atoms with Crippen LogP contribution in [0.2, 0.25) is 0 Å². The third-order valence-corrected chi connectivity index (χ3v) is 4.96. The molecule has 7 heteroatoms. The monoisotopic (exact) mass is 344 g/mol. The summed E-state index contributed by atoms with van der Waals surface area (Å²) in [6, 6.07) is 6.83. The van der Waals surface area contributed by atoms with Crippen LogP contribution >= 0.6 is 0 Å². The Morgan fingerprint density at radius 2 is 1.80 bits per heavy atom. The molecule has 0 aromatic heterocycles. The standard InChI is InChI=1S/C18H24N4O3/c1-13(23)22-10-9-21(12-16(22)17(19)24)18(25)14-5-4-6-15(11-14)20-7-2-3-8-20/h4-6,11,16H,2-3,7-10,12H2,1H3,(H2,19,24). The van der Waals surface area contributed by atoms with Crippen LogP contribution in [0.1, 0.15) is 30.1 Å².